The molecule has 1 rings (SSSR count). The van der Waals surface area contributed by atoms with Crippen molar-refractivity contribution >= 4 is 11.7 Å². The molecule has 0 saturated carbocycles. The third-order valence-corrected chi connectivity index (χ3v) is 2.59. The summed E-state index contributed by atoms with van der Waals surface area (Å²) in [7, 11) is 0. The lowest BCUT2D eigenvalue weighted by Gasteiger charge is -2.18. The van der Waals surface area contributed by atoms with Crippen LogP contribution >= 0.6 is 0 Å². The van der Waals surface area contributed by atoms with E-state index < -0.39 is 16.5 Å². The molecule has 1 aromatic rings. The summed E-state index contributed by atoms with van der Waals surface area (Å²) in [6.07, 6.45) is 1.62. The van der Waals surface area contributed by atoms with Gasteiger partial charge in [-0.05, 0) is 43.7 Å². The largest absolute Gasteiger partial charge is 0.443 e. The van der Waals surface area contributed by atoms with Gasteiger partial charge in [-0.15, -0.1) is 6.58 Å². The van der Waals surface area contributed by atoms with E-state index in [1.54, 1.807) is 19.9 Å². The van der Waals surface area contributed by atoms with Crippen molar-refractivity contribution in [3.63, 3.8) is 0 Å². The molecule has 0 heterocycles. The van der Waals surface area contributed by atoms with E-state index in [9.17, 15) is 14.9 Å². The zero-order valence-corrected chi connectivity index (χ0v) is 13.5. The minimum Gasteiger partial charge on any atom is -0.443 e. The van der Waals surface area contributed by atoms with E-state index in [4.69, 9.17) is 9.47 Å². The van der Waals surface area contributed by atoms with Crippen LogP contribution in [0.15, 0.2) is 36.9 Å². The predicted octanol–water partition coefficient (Wildman–Crippen LogP) is 2.74. The highest BCUT2D eigenvalue weighted by molar-refractivity contribution is 5.90. The molecule has 0 fully saturated rings. The lowest BCUT2D eigenvalue weighted by molar-refractivity contribution is -0.384. The van der Waals surface area contributed by atoms with Crippen LogP contribution in [0.1, 0.15) is 24.2 Å². The second kappa shape index (κ2) is 9.14. The molecule has 1 aromatic carbocycles. The van der Waals surface area contributed by atoms with Crippen LogP contribution in [0.3, 0.4) is 0 Å². The molecule has 0 aromatic heterocycles. The summed E-state index contributed by atoms with van der Waals surface area (Å²) in [5, 5.41) is 10.6. The average molecular weight is 327 g/mol. The lowest BCUT2D eigenvalue weighted by atomic mass is 10.1. The van der Waals surface area contributed by atoms with Crippen LogP contribution < -0.4 is 0 Å². The molecule has 0 aliphatic rings. The Labute approximate surface area is 140 Å². The number of esters is 1. The van der Waals surface area contributed by atoms with E-state index >= 15 is 0 Å². The summed E-state index contributed by atoms with van der Waals surface area (Å²) in [6.45, 7) is 7.42. The van der Waals surface area contributed by atoms with Crippen molar-refractivity contribution in [2.75, 3.05) is 13.2 Å². The van der Waals surface area contributed by atoms with Crippen LogP contribution in [0.25, 0.3) is 0 Å². The van der Waals surface area contributed by atoms with Crippen molar-refractivity contribution < 1.29 is 19.2 Å². The molecule has 6 nitrogen and oxygen atoms in total. The standard InChI is InChI=1S/C18H17NO5/c1-4-13-23-14-7-5-6-12-18(2,3)24-17(20)15-8-10-16(11-9-15)19(21)22/h4,8-11H,1,13-14H2,2-3H3. The number of carbonyl (C=O) groups is 1. The normalized spacial score (nSPS) is 9.75. The third kappa shape index (κ3) is 6.78. The van der Waals surface area contributed by atoms with Gasteiger partial charge in [-0.2, -0.15) is 0 Å². The molecule has 0 aliphatic carbocycles. The van der Waals surface area contributed by atoms with Gasteiger partial charge in [-0.3, -0.25) is 10.1 Å². The van der Waals surface area contributed by atoms with E-state index in [0.717, 1.165) is 0 Å². The van der Waals surface area contributed by atoms with Gasteiger partial charge in [0.2, 0.25) is 0 Å². The molecule has 6 heteroatoms. The number of benzene rings is 1. The first kappa shape index (κ1) is 19.0. The highest BCUT2D eigenvalue weighted by Crippen LogP contribution is 2.16. The molecule has 24 heavy (non-hydrogen) atoms. The molecule has 0 amide bonds. The minimum atomic E-state index is -1.05. The van der Waals surface area contributed by atoms with Gasteiger partial charge in [0.15, 0.2) is 5.60 Å². The number of nitrogens with zero attached hydrogens (tertiary/aromatic N) is 1. The van der Waals surface area contributed by atoms with Crippen LogP contribution in [-0.2, 0) is 9.47 Å². The van der Waals surface area contributed by atoms with Crippen LogP contribution in [-0.4, -0.2) is 29.7 Å². The smallest absolute Gasteiger partial charge is 0.339 e. The van der Waals surface area contributed by atoms with E-state index in [2.05, 4.69) is 30.3 Å². The van der Waals surface area contributed by atoms with Crippen LogP contribution in [0, 0.1) is 33.8 Å². The fourth-order valence-corrected chi connectivity index (χ4v) is 1.49. The molecule has 0 bridgehead atoms. The first-order chi connectivity index (χ1) is 11.4. The maximum Gasteiger partial charge on any atom is 0.339 e. The van der Waals surface area contributed by atoms with Gasteiger partial charge >= 0.3 is 5.97 Å². The Morgan fingerprint density at radius 2 is 2.00 bits per heavy atom. The topological polar surface area (TPSA) is 78.7 Å². The molecule has 0 N–H and O–H groups in total. The third-order valence-electron chi connectivity index (χ3n) is 2.59. The van der Waals surface area contributed by atoms with Crippen molar-refractivity contribution in [2.24, 2.45) is 0 Å². The first-order valence-electron chi connectivity index (χ1n) is 7.02. The molecular formula is C18H17NO5. The second-order valence-electron chi connectivity index (χ2n) is 5.06. The number of hydrogen-bond acceptors (Lipinski definition) is 5. The zero-order chi connectivity index (χ0) is 18.0. The van der Waals surface area contributed by atoms with Gasteiger partial charge in [-0.1, -0.05) is 12.0 Å². The summed E-state index contributed by atoms with van der Waals surface area (Å²) < 4.78 is 10.3. The number of ether oxygens (including phenoxy) is 2. The van der Waals surface area contributed by atoms with E-state index in [1.165, 1.54) is 24.3 Å². The SMILES string of the molecule is C=CCOCC#CC#CC(C)(C)OC(=O)c1ccc([N+](=O)[O-])cc1. The van der Waals surface area contributed by atoms with Gasteiger partial charge in [0.25, 0.3) is 5.69 Å². The maximum absolute atomic E-state index is 12.0. The number of non-ortho nitro benzene ring substituents is 1. The number of carbonyl (C=O) groups excluding carboxylic acids is 1. The van der Waals surface area contributed by atoms with Crippen LogP contribution in [0.4, 0.5) is 5.69 Å². The van der Waals surface area contributed by atoms with Crippen molar-refractivity contribution in [1.29, 1.82) is 0 Å². The Kier molecular flexibility index (Phi) is 7.22. The number of hydrogen-bond donors (Lipinski definition) is 0. The molecule has 0 unspecified atom stereocenters. The summed E-state index contributed by atoms with van der Waals surface area (Å²) >= 11 is 0. The van der Waals surface area contributed by atoms with Crippen molar-refractivity contribution in [2.45, 2.75) is 19.4 Å². The first-order valence-corrected chi connectivity index (χ1v) is 7.02. The Morgan fingerprint density at radius 3 is 2.58 bits per heavy atom. The highest BCUT2D eigenvalue weighted by Gasteiger charge is 2.21. The van der Waals surface area contributed by atoms with Crippen LogP contribution in [0.2, 0.25) is 0 Å². The fraction of sp³-hybridized carbons (Fsp3) is 0.278. The monoisotopic (exact) mass is 327 g/mol. The van der Waals surface area contributed by atoms with Crippen molar-refractivity contribution in [3.05, 3.63) is 52.6 Å². The quantitative estimate of drug-likeness (QED) is 0.200. The highest BCUT2D eigenvalue weighted by atomic mass is 16.6. The van der Waals surface area contributed by atoms with Crippen molar-refractivity contribution in [3.8, 4) is 23.7 Å². The van der Waals surface area contributed by atoms with Gasteiger partial charge in [0, 0.05) is 12.1 Å². The molecule has 0 radical (unpaired) electrons. The van der Waals surface area contributed by atoms with E-state index in [0.29, 0.717) is 6.61 Å². The molecule has 0 aliphatic heterocycles. The average Bonchev–Trinajstić information content (AvgIpc) is 2.53. The molecular weight excluding hydrogens is 310 g/mol. The number of nitro groups is 1. The van der Waals surface area contributed by atoms with Gasteiger partial charge in [0.05, 0.1) is 17.1 Å². The Hall–Kier alpha value is -3.09. The zero-order valence-electron chi connectivity index (χ0n) is 13.5. The summed E-state index contributed by atoms with van der Waals surface area (Å²) in [5.74, 6) is 10.0. The molecule has 124 valence electrons. The molecule has 0 atom stereocenters. The number of nitro benzene ring substituents is 1. The van der Waals surface area contributed by atoms with Gasteiger partial charge in [0.1, 0.15) is 6.61 Å². The Balaban J connectivity index is 2.64. The Morgan fingerprint density at radius 1 is 1.33 bits per heavy atom. The summed E-state index contributed by atoms with van der Waals surface area (Å²) in [6, 6.07) is 5.15. The van der Waals surface area contributed by atoms with Crippen molar-refractivity contribution in [1.82, 2.24) is 0 Å². The molecule has 0 spiro atoms. The minimum absolute atomic E-state index is 0.0976. The van der Waals surface area contributed by atoms with Gasteiger partial charge < -0.3 is 9.47 Å². The van der Waals surface area contributed by atoms with E-state index in [-0.39, 0.29) is 17.9 Å². The number of rotatable bonds is 6. The fourth-order valence-electron chi connectivity index (χ4n) is 1.49. The van der Waals surface area contributed by atoms with Crippen LogP contribution in [0.5, 0.6) is 0 Å². The maximum atomic E-state index is 12.0. The summed E-state index contributed by atoms with van der Waals surface area (Å²) in [5.41, 5.74) is -0.936. The molecule has 0 saturated heterocycles. The lowest BCUT2D eigenvalue weighted by Crippen LogP contribution is -2.26. The summed E-state index contributed by atoms with van der Waals surface area (Å²) in [4.78, 5) is 22.1. The van der Waals surface area contributed by atoms with E-state index in [1.807, 2.05) is 0 Å². The second-order valence-corrected chi connectivity index (χ2v) is 5.06. The van der Waals surface area contributed by atoms with Gasteiger partial charge in [-0.25, -0.2) is 4.79 Å². The predicted molar refractivity (Wildman–Crippen MR) is 89.2 cm³/mol. The Bertz CT molecular complexity index is 727.